The number of aliphatic carboxylic acids is 1. The van der Waals surface area contributed by atoms with E-state index in [-0.39, 0.29) is 22.6 Å². The van der Waals surface area contributed by atoms with E-state index in [2.05, 4.69) is 4.72 Å². The summed E-state index contributed by atoms with van der Waals surface area (Å²) in [7, 11) is -3.98. The first-order chi connectivity index (χ1) is 9.39. The van der Waals surface area contributed by atoms with Crippen LogP contribution in [-0.2, 0) is 14.8 Å². The lowest BCUT2D eigenvalue weighted by atomic mass is 10.0. The maximum atomic E-state index is 12.3. The van der Waals surface area contributed by atoms with Gasteiger partial charge in [0.05, 0.1) is 16.5 Å². The first-order valence-electron chi connectivity index (χ1n) is 5.75. The summed E-state index contributed by atoms with van der Waals surface area (Å²) in [5.41, 5.74) is -1.26. The molecule has 0 spiro atoms. The third-order valence-electron chi connectivity index (χ3n) is 3.03. The fourth-order valence-electron chi connectivity index (χ4n) is 1.91. The molecule has 1 aliphatic rings. The van der Waals surface area contributed by atoms with Gasteiger partial charge in [0.2, 0.25) is 10.0 Å². The second-order valence-corrected chi connectivity index (χ2v) is 7.22. The maximum absolute atomic E-state index is 12.3. The van der Waals surface area contributed by atoms with Crippen LogP contribution < -0.4 is 4.72 Å². The number of rotatable bonds is 4. The van der Waals surface area contributed by atoms with Crippen molar-refractivity contribution >= 4 is 27.8 Å². The smallest absolute Gasteiger partial charge is 0.325 e. The Kier molecular flexibility index (Phi) is 4.04. The molecule has 2 N–H and O–H groups in total. The summed E-state index contributed by atoms with van der Waals surface area (Å²) in [6.07, 6.45) is 0.240. The van der Waals surface area contributed by atoms with Crippen LogP contribution in [0.1, 0.15) is 12.0 Å². The molecule has 1 saturated heterocycles. The zero-order valence-corrected chi connectivity index (χ0v) is 12.0. The van der Waals surface area contributed by atoms with E-state index >= 15 is 0 Å². The van der Waals surface area contributed by atoms with Crippen LogP contribution in [-0.4, -0.2) is 36.5 Å². The molecule has 2 rings (SSSR count). The summed E-state index contributed by atoms with van der Waals surface area (Å²) in [5.74, 6) is -0.394. The lowest BCUT2D eigenvalue weighted by Gasteiger charge is -2.24. The van der Waals surface area contributed by atoms with Crippen molar-refractivity contribution in [1.82, 2.24) is 4.72 Å². The van der Waals surface area contributed by atoms with Gasteiger partial charge in [-0.25, -0.2) is 8.42 Å². The highest BCUT2D eigenvalue weighted by molar-refractivity contribution is 7.99. The number of carboxylic acids is 1. The summed E-state index contributed by atoms with van der Waals surface area (Å²) < 4.78 is 26.8. The van der Waals surface area contributed by atoms with E-state index in [0.717, 1.165) is 0 Å². The molecule has 0 amide bonds. The second-order valence-electron chi connectivity index (χ2n) is 4.43. The normalized spacial score (nSPS) is 22.4. The van der Waals surface area contributed by atoms with Crippen molar-refractivity contribution < 1.29 is 18.3 Å². The standard InChI is InChI=1S/C12H12N2O4S2/c13-7-9-2-1-3-10(6-9)20(17,18)14-12(11(15)16)4-5-19-8-12/h1-3,6,14H,4-5,8H2,(H,15,16). The molecule has 1 aromatic rings. The largest absolute Gasteiger partial charge is 0.480 e. The molecule has 6 nitrogen and oxygen atoms in total. The molecule has 0 aliphatic carbocycles. The predicted molar refractivity (Wildman–Crippen MR) is 73.8 cm³/mol. The topological polar surface area (TPSA) is 107 Å². The fraction of sp³-hybridized carbons (Fsp3) is 0.333. The number of nitrogens with one attached hydrogen (secondary N) is 1. The minimum atomic E-state index is -3.98. The Morgan fingerprint density at radius 2 is 2.25 bits per heavy atom. The number of sulfonamides is 1. The first-order valence-corrected chi connectivity index (χ1v) is 8.39. The monoisotopic (exact) mass is 312 g/mol. The van der Waals surface area contributed by atoms with Gasteiger partial charge >= 0.3 is 5.97 Å². The van der Waals surface area contributed by atoms with Crippen LogP contribution in [0.2, 0.25) is 0 Å². The molecule has 1 aromatic carbocycles. The molecule has 0 saturated carbocycles. The average molecular weight is 312 g/mol. The molecule has 1 aliphatic heterocycles. The Balaban J connectivity index is 2.35. The minimum absolute atomic E-state index is 0.103. The highest BCUT2D eigenvalue weighted by Gasteiger charge is 2.45. The number of hydrogen-bond donors (Lipinski definition) is 2. The van der Waals surface area contributed by atoms with Gasteiger partial charge < -0.3 is 5.11 Å². The number of carbonyl (C=O) groups is 1. The van der Waals surface area contributed by atoms with Gasteiger partial charge in [-0.1, -0.05) is 6.07 Å². The highest BCUT2D eigenvalue weighted by atomic mass is 32.2. The molecule has 1 unspecified atom stereocenters. The second kappa shape index (κ2) is 5.44. The van der Waals surface area contributed by atoms with Crippen LogP contribution in [0.4, 0.5) is 0 Å². The number of hydrogen-bond acceptors (Lipinski definition) is 5. The zero-order valence-electron chi connectivity index (χ0n) is 10.4. The molecular weight excluding hydrogens is 300 g/mol. The van der Waals surface area contributed by atoms with Crippen LogP contribution in [0.3, 0.4) is 0 Å². The van der Waals surface area contributed by atoms with Crippen LogP contribution in [0, 0.1) is 11.3 Å². The van der Waals surface area contributed by atoms with Gasteiger partial charge in [0.1, 0.15) is 5.54 Å². The Bertz CT molecular complexity index is 673. The Morgan fingerprint density at radius 3 is 2.80 bits per heavy atom. The van der Waals surface area contributed by atoms with Gasteiger partial charge in [0, 0.05) is 5.75 Å². The van der Waals surface area contributed by atoms with Crippen molar-refractivity contribution in [2.45, 2.75) is 16.9 Å². The number of thioether (sulfide) groups is 1. The molecule has 1 fully saturated rings. The summed E-state index contributed by atoms with van der Waals surface area (Å²) in [6, 6.07) is 7.34. The van der Waals surface area contributed by atoms with Crippen molar-refractivity contribution in [2.24, 2.45) is 0 Å². The third kappa shape index (κ3) is 2.80. The van der Waals surface area contributed by atoms with E-state index < -0.39 is 21.5 Å². The summed E-state index contributed by atoms with van der Waals surface area (Å²) in [6.45, 7) is 0. The van der Waals surface area contributed by atoms with E-state index in [1.54, 1.807) is 0 Å². The highest BCUT2D eigenvalue weighted by Crippen LogP contribution is 2.30. The quantitative estimate of drug-likeness (QED) is 0.851. The molecule has 1 heterocycles. The van der Waals surface area contributed by atoms with Crippen molar-refractivity contribution in [3.63, 3.8) is 0 Å². The molecular formula is C12H12N2O4S2. The van der Waals surface area contributed by atoms with Crippen LogP contribution in [0.25, 0.3) is 0 Å². The fourth-order valence-corrected chi connectivity index (χ4v) is 4.76. The van der Waals surface area contributed by atoms with Gasteiger partial charge in [-0.15, -0.1) is 0 Å². The van der Waals surface area contributed by atoms with Gasteiger partial charge in [0.25, 0.3) is 0 Å². The lowest BCUT2D eigenvalue weighted by molar-refractivity contribution is -0.142. The maximum Gasteiger partial charge on any atom is 0.325 e. The average Bonchev–Trinajstić information content (AvgIpc) is 2.88. The van der Waals surface area contributed by atoms with E-state index in [1.165, 1.54) is 36.0 Å². The van der Waals surface area contributed by atoms with Crippen molar-refractivity contribution in [2.75, 3.05) is 11.5 Å². The van der Waals surface area contributed by atoms with Crippen molar-refractivity contribution in [3.05, 3.63) is 29.8 Å². The minimum Gasteiger partial charge on any atom is -0.480 e. The zero-order chi connectivity index (χ0) is 14.8. The van der Waals surface area contributed by atoms with Crippen LogP contribution in [0.15, 0.2) is 29.2 Å². The van der Waals surface area contributed by atoms with E-state index in [4.69, 9.17) is 5.26 Å². The summed E-state index contributed by atoms with van der Waals surface area (Å²) in [5, 5.41) is 18.1. The Hall–Kier alpha value is -1.56. The van der Waals surface area contributed by atoms with Gasteiger partial charge in [-0.05, 0) is 30.4 Å². The number of nitrogens with zero attached hydrogens (tertiary/aromatic N) is 1. The molecule has 0 bridgehead atoms. The van der Waals surface area contributed by atoms with Crippen molar-refractivity contribution in [3.8, 4) is 6.07 Å². The van der Waals surface area contributed by atoms with Gasteiger partial charge in [-0.3, -0.25) is 4.79 Å². The third-order valence-corrected chi connectivity index (χ3v) is 5.76. The molecule has 20 heavy (non-hydrogen) atoms. The van der Waals surface area contributed by atoms with Gasteiger partial charge in [-0.2, -0.15) is 21.7 Å². The van der Waals surface area contributed by atoms with Crippen molar-refractivity contribution in [1.29, 1.82) is 5.26 Å². The number of carboxylic acid groups (broad SMARTS) is 1. The molecule has 0 aromatic heterocycles. The van der Waals surface area contributed by atoms with Crippen LogP contribution in [0.5, 0.6) is 0 Å². The van der Waals surface area contributed by atoms with E-state index in [9.17, 15) is 18.3 Å². The summed E-state index contributed by atoms with van der Waals surface area (Å²) >= 11 is 1.39. The molecule has 106 valence electrons. The SMILES string of the molecule is N#Cc1cccc(S(=O)(=O)NC2(C(=O)O)CCSC2)c1. The van der Waals surface area contributed by atoms with Gasteiger partial charge in [0.15, 0.2) is 0 Å². The number of benzene rings is 1. The Labute approximate surface area is 120 Å². The predicted octanol–water partition coefficient (Wildman–Crippen LogP) is 0.797. The summed E-state index contributed by atoms with van der Waals surface area (Å²) in [4.78, 5) is 11.3. The van der Waals surface area contributed by atoms with Crippen LogP contribution >= 0.6 is 11.8 Å². The first kappa shape index (κ1) is 14.8. The van der Waals surface area contributed by atoms with E-state index in [1.807, 2.05) is 6.07 Å². The molecule has 0 radical (unpaired) electrons. The Morgan fingerprint density at radius 1 is 1.50 bits per heavy atom. The molecule has 8 heteroatoms. The van der Waals surface area contributed by atoms with E-state index in [0.29, 0.717) is 5.75 Å². The molecule has 1 atom stereocenters. The number of nitriles is 1. The lowest BCUT2D eigenvalue weighted by Crippen LogP contribution is -2.54.